The third-order valence-electron chi connectivity index (χ3n) is 4.02. The second-order valence-corrected chi connectivity index (χ2v) is 7.98. The second kappa shape index (κ2) is 7.26. The van der Waals surface area contributed by atoms with Crippen molar-refractivity contribution in [3.8, 4) is 0 Å². The Morgan fingerprint density at radius 1 is 1.30 bits per heavy atom. The molecule has 0 aliphatic carbocycles. The van der Waals surface area contributed by atoms with Crippen LogP contribution in [0, 0.1) is 5.92 Å². The average Bonchev–Trinajstić information content (AvgIpc) is 2.91. The van der Waals surface area contributed by atoms with Crippen LogP contribution in [0.2, 0.25) is 0 Å². The van der Waals surface area contributed by atoms with E-state index < -0.39 is 9.84 Å². The highest BCUT2D eigenvalue weighted by molar-refractivity contribution is 7.91. The van der Waals surface area contributed by atoms with Gasteiger partial charge in [-0.05, 0) is 38.0 Å². The molecular formula is C13H25N3O3S. The lowest BCUT2D eigenvalue weighted by atomic mass is 9.99. The summed E-state index contributed by atoms with van der Waals surface area (Å²) in [6.07, 6.45) is 4.89. The molecule has 2 heterocycles. The van der Waals surface area contributed by atoms with E-state index in [1.165, 1.54) is 0 Å². The quantitative estimate of drug-likeness (QED) is 0.562. The monoisotopic (exact) mass is 303 g/mol. The minimum absolute atomic E-state index is 0.221. The Hall–Kier alpha value is -0.820. The van der Waals surface area contributed by atoms with Crippen LogP contribution in [0.1, 0.15) is 32.1 Å². The third kappa shape index (κ3) is 5.28. The van der Waals surface area contributed by atoms with Gasteiger partial charge in [0.1, 0.15) is 9.84 Å². The Balaban J connectivity index is 1.59. The van der Waals surface area contributed by atoms with Gasteiger partial charge < -0.3 is 15.8 Å². The molecule has 7 heteroatoms. The molecule has 0 aromatic rings. The van der Waals surface area contributed by atoms with Crippen molar-refractivity contribution < 1.29 is 13.2 Å². The van der Waals surface area contributed by atoms with E-state index in [0.29, 0.717) is 29.9 Å². The number of hydrogen-bond donors (Lipinski definition) is 2. The van der Waals surface area contributed by atoms with Crippen molar-refractivity contribution >= 4 is 15.8 Å². The van der Waals surface area contributed by atoms with E-state index in [0.717, 1.165) is 45.3 Å². The summed E-state index contributed by atoms with van der Waals surface area (Å²) in [6, 6.07) is 0. The van der Waals surface area contributed by atoms with Gasteiger partial charge in [-0.3, -0.25) is 4.99 Å². The number of ether oxygens (including phenoxy) is 1. The predicted octanol–water partition coefficient (Wildman–Crippen LogP) is 0.285. The Labute approximate surface area is 121 Å². The third-order valence-corrected chi connectivity index (χ3v) is 5.74. The van der Waals surface area contributed by atoms with Crippen LogP contribution >= 0.6 is 0 Å². The van der Waals surface area contributed by atoms with E-state index in [1.807, 2.05) is 0 Å². The topological polar surface area (TPSA) is 93.8 Å². The fourth-order valence-corrected chi connectivity index (χ4v) is 4.27. The number of nitrogens with one attached hydrogen (secondary N) is 1. The molecule has 6 nitrogen and oxygen atoms in total. The van der Waals surface area contributed by atoms with E-state index in [-0.39, 0.29) is 6.10 Å². The first-order chi connectivity index (χ1) is 9.55. The number of rotatable bonds is 5. The highest BCUT2D eigenvalue weighted by atomic mass is 32.2. The smallest absolute Gasteiger partial charge is 0.188 e. The number of aliphatic imine (C=N–C) groups is 1. The summed E-state index contributed by atoms with van der Waals surface area (Å²) in [4.78, 5) is 4.27. The van der Waals surface area contributed by atoms with Crippen LogP contribution in [0.15, 0.2) is 4.99 Å². The van der Waals surface area contributed by atoms with Gasteiger partial charge in [0.05, 0.1) is 24.2 Å². The summed E-state index contributed by atoms with van der Waals surface area (Å²) in [6.45, 7) is 2.21. The van der Waals surface area contributed by atoms with Crippen LogP contribution in [0.4, 0.5) is 0 Å². The first-order valence-electron chi connectivity index (χ1n) is 7.41. The van der Waals surface area contributed by atoms with Crippen molar-refractivity contribution in [2.24, 2.45) is 16.6 Å². The zero-order chi connectivity index (χ0) is 14.4. The summed E-state index contributed by atoms with van der Waals surface area (Å²) in [7, 11) is -2.76. The minimum atomic E-state index is -2.76. The van der Waals surface area contributed by atoms with Gasteiger partial charge in [0, 0.05) is 13.2 Å². The molecule has 0 radical (unpaired) electrons. The van der Waals surface area contributed by atoms with Gasteiger partial charge in [0.15, 0.2) is 5.96 Å². The molecule has 2 aliphatic heterocycles. The lowest BCUT2D eigenvalue weighted by Crippen LogP contribution is -2.35. The average molecular weight is 303 g/mol. The van der Waals surface area contributed by atoms with E-state index in [4.69, 9.17) is 10.5 Å². The highest BCUT2D eigenvalue weighted by Gasteiger charge is 2.23. The maximum absolute atomic E-state index is 11.3. The summed E-state index contributed by atoms with van der Waals surface area (Å²) in [5.41, 5.74) is 5.80. The molecule has 2 saturated heterocycles. The zero-order valence-electron chi connectivity index (χ0n) is 11.9. The van der Waals surface area contributed by atoms with Crippen molar-refractivity contribution in [1.82, 2.24) is 5.32 Å². The number of guanidine groups is 1. The van der Waals surface area contributed by atoms with E-state index >= 15 is 0 Å². The van der Waals surface area contributed by atoms with Crippen molar-refractivity contribution in [2.75, 3.05) is 31.2 Å². The molecule has 2 rings (SSSR count). The van der Waals surface area contributed by atoms with Crippen molar-refractivity contribution in [1.29, 1.82) is 0 Å². The molecule has 0 bridgehead atoms. The molecular weight excluding hydrogens is 278 g/mol. The van der Waals surface area contributed by atoms with Crippen molar-refractivity contribution in [3.05, 3.63) is 0 Å². The van der Waals surface area contributed by atoms with Crippen LogP contribution in [-0.2, 0) is 14.6 Å². The molecule has 0 amide bonds. The van der Waals surface area contributed by atoms with Gasteiger partial charge in [0.2, 0.25) is 0 Å². The lowest BCUT2D eigenvalue weighted by molar-refractivity contribution is 0.118. The highest BCUT2D eigenvalue weighted by Crippen LogP contribution is 2.21. The van der Waals surface area contributed by atoms with Crippen molar-refractivity contribution in [2.45, 2.75) is 38.2 Å². The van der Waals surface area contributed by atoms with Crippen molar-refractivity contribution in [3.63, 3.8) is 0 Å². The molecule has 0 aromatic heterocycles. The van der Waals surface area contributed by atoms with E-state index in [1.54, 1.807) is 0 Å². The zero-order valence-corrected chi connectivity index (χ0v) is 12.7. The summed E-state index contributed by atoms with van der Waals surface area (Å²) in [5, 5.41) is 3.10. The fourth-order valence-electron chi connectivity index (χ4n) is 2.68. The molecule has 0 spiro atoms. The number of hydrogen-bond acceptors (Lipinski definition) is 4. The summed E-state index contributed by atoms with van der Waals surface area (Å²) < 4.78 is 28.1. The van der Waals surface area contributed by atoms with Crippen LogP contribution < -0.4 is 11.1 Å². The standard InChI is InChI=1S/C13H25N3O3S/c14-13(16-10-12-2-1-7-19-12)15-6-3-11-4-8-20(17,18)9-5-11/h11-12H,1-10H2,(H3,14,15,16). The first-order valence-corrected chi connectivity index (χ1v) is 9.23. The molecule has 0 saturated carbocycles. The van der Waals surface area contributed by atoms with Crippen LogP contribution in [0.5, 0.6) is 0 Å². The lowest BCUT2D eigenvalue weighted by Gasteiger charge is -2.21. The normalized spacial score (nSPS) is 27.6. The Morgan fingerprint density at radius 2 is 2.05 bits per heavy atom. The van der Waals surface area contributed by atoms with Crippen LogP contribution in [-0.4, -0.2) is 51.7 Å². The molecule has 1 atom stereocenters. The molecule has 116 valence electrons. The molecule has 0 aromatic carbocycles. The Bertz CT molecular complexity index is 416. The SMILES string of the molecule is NC(=NCC1CCCO1)NCCC1CCS(=O)(=O)CC1. The van der Waals surface area contributed by atoms with Crippen LogP contribution in [0.3, 0.4) is 0 Å². The molecule has 1 unspecified atom stereocenters. The maximum Gasteiger partial charge on any atom is 0.188 e. The maximum atomic E-state index is 11.3. The van der Waals surface area contributed by atoms with E-state index in [2.05, 4.69) is 10.3 Å². The molecule has 3 N–H and O–H groups in total. The Morgan fingerprint density at radius 3 is 2.70 bits per heavy atom. The number of nitrogens with two attached hydrogens (primary N) is 1. The van der Waals surface area contributed by atoms with Gasteiger partial charge in [-0.15, -0.1) is 0 Å². The molecule has 2 fully saturated rings. The Kier molecular flexibility index (Phi) is 5.65. The van der Waals surface area contributed by atoms with Gasteiger partial charge in [-0.2, -0.15) is 0 Å². The largest absolute Gasteiger partial charge is 0.376 e. The van der Waals surface area contributed by atoms with Gasteiger partial charge in [0.25, 0.3) is 0 Å². The molecule has 20 heavy (non-hydrogen) atoms. The van der Waals surface area contributed by atoms with E-state index in [9.17, 15) is 8.42 Å². The fraction of sp³-hybridized carbons (Fsp3) is 0.923. The number of nitrogens with zero attached hydrogens (tertiary/aromatic N) is 1. The van der Waals surface area contributed by atoms with Gasteiger partial charge in [-0.25, -0.2) is 8.42 Å². The van der Waals surface area contributed by atoms with Crippen LogP contribution in [0.25, 0.3) is 0 Å². The molecule has 2 aliphatic rings. The minimum Gasteiger partial charge on any atom is -0.376 e. The first kappa shape index (κ1) is 15.6. The van der Waals surface area contributed by atoms with Gasteiger partial charge in [-0.1, -0.05) is 0 Å². The second-order valence-electron chi connectivity index (χ2n) is 5.67. The number of sulfone groups is 1. The summed E-state index contributed by atoms with van der Waals surface area (Å²) >= 11 is 0. The summed E-state index contributed by atoms with van der Waals surface area (Å²) in [5.74, 6) is 1.61. The van der Waals surface area contributed by atoms with Gasteiger partial charge >= 0.3 is 0 Å². The predicted molar refractivity (Wildman–Crippen MR) is 79.5 cm³/mol.